The van der Waals surface area contributed by atoms with E-state index in [1.165, 1.54) is 24.5 Å². The number of benzene rings is 3. The monoisotopic (exact) mass is 941 g/mol. The number of nitrogens with zero attached hydrogens (tertiary/aromatic N) is 2. The van der Waals surface area contributed by atoms with Gasteiger partial charge < -0.3 is 29.7 Å². The number of rotatable bonds is 23. The summed E-state index contributed by atoms with van der Waals surface area (Å²) >= 11 is 1.47. The minimum absolute atomic E-state index is 0.0318. The number of imide groups is 2. The van der Waals surface area contributed by atoms with Crippen molar-refractivity contribution in [3.05, 3.63) is 104 Å². The maximum atomic E-state index is 14.0. The molecule has 3 N–H and O–H groups in total. The number of carbonyl (C=O) groups excluding carboxylic acids is 6. The van der Waals surface area contributed by atoms with Gasteiger partial charge in [0.1, 0.15) is 28.2 Å². The Morgan fingerprint density at radius 3 is 2.38 bits per heavy atom. The Labute approximate surface area is 388 Å². The molecule has 3 aliphatic rings. The van der Waals surface area contributed by atoms with Crippen LogP contribution < -0.4 is 30.2 Å². The van der Waals surface area contributed by atoms with Crippen LogP contribution in [0.15, 0.2) is 66.0 Å². The quantitative estimate of drug-likeness (QED) is 0.0551. The Bertz CT molecular complexity index is 2590. The highest BCUT2D eigenvalue weighted by Crippen LogP contribution is 2.39. The first kappa shape index (κ1) is 47.8. The number of ether oxygens (including phenoxy) is 3. The van der Waals surface area contributed by atoms with Gasteiger partial charge in [0.05, 0.1) is 47.9 Å². The first-order chi connectivity index (χ1) is 31.8. The van der Waals surface area contributed by atoms with Gasteiger partial charge in [0.15, 0.2) is 11.5 Å². The predicted molar refractivity (Wildman–Crippen MR) is 247 cm³/mol. The van der Waals surface area contributed by atoms with Crippen molar-refractivity contribution < 1.29 is 51.4 Å². The Hall–Kier alpha value is -6.11. The number of nitrogens with one attached hydrogen (secondary N) is 3. The summed E-state index contributed by atoms with van der Waals surface area (Å²) in [7, 11) is -2.20. The summed E-state index contributed by atoms with van der Waals surface area (Å²) in [6.07, 6.45) is 7.40. The van der Waals surface area contributed by atoms with Gasteiger partial charge in [-0.3, -0.25) is 39.0 Å². The highest BCUT2D eigenvalue weighted by Gasteiger charge is 2.44. The van der Waals surface area contributed by atoms with Gasteiger partial charge >= 0.3 is 0 Å². The Morgan fingerprint density at radius 2 is 1.65 bits per heavy atom. The molecule has 1 fully saturated rings. The molecule has 0 spiro atoms. The van der Waals surface area contributed by atoms with E-state index in [4.69, 9.17) is 14.2 Å². The van der Waals surface area contributed by atoms with Crippen LogP contribution in [0.5, 0.6) is 17.2 Å². The molecule has 350 valence electrons. The highest BCUT2D eigenvalue weighted by molar-refractivity contribution is 7.90. The maximum Gasteiger partial charge on any atom is 0.264 e. The first-order valence-corrected chi connectivity index (χ1v) is 25.2. The number of methoxy groups -OCH3 is 1. The molecule has 3 aromatic carbocycles. The number of thiophene rings is 1. The van der Waals surface area contributed by atoms with Gasteiger partial charge in [-0.1, -0.05) is 49.9 Å². The van der Waals surface area contributed by atoms with E-state index in [-0.39, 0.29) is 47.4 Å². The third-order valence-electron chi connectivity index (χ3n) is 11.9. The lowest BCUT2D eigenvalue weighted by Crippen LogP contribution is -2.52. The number of anilines is 1. The summed E-state index contributed by atoms with van der Waals surface area (Å²) in [6.45, 7) is 4.32. The fourth-order valence-electron chi connectivity index (χ4n) is 8.53. The van der Waals surface area contributed by atoms with Gasteiger partial charge in [0, 0.05) is 48.0 Å². The Balaban J connectivity index is 0.790. The van der Waals surface area contributed by atoms with E-state index in [0.717, 1.165) is 65.8 Å². The molecule has 0 radical (unpaired) electrons. The number of hydrogen-bond acceptors (Lipinski definition) is 13. The summed E-state index contributed by atoms with van der Waals surface area (Å²) in [6, 6.07) is 15.5. The number of fused-ring (bicyclic) bond motifs is 2. The van der Waals surface area contributed by atoms with E-state index < -0.39 is 45.4 Å². The van der Waals surface area contributed by atoms with Crippen molar-refractivity contribution in [3.63, 3.8) is 0 Å². The van der Waals surface area contributed by atoms with Crippen molar-refractivity contribution in [1.29, 1.82) is 0 Å². The van der Waals surface area contributed by atoms with E-state index in [1.807, 2.05) is 29.6 Å². The van der Waals surface area contributed by atoms with E-state index in [2.05, 4.69) is 16.0 Å². The lowest BCUT2D eigenvalue weighted by molar-refractivity contribution is -0.137. The molecule has 7 rings (SSSR count). The Kier molecular flexibility index (Phi) is 15.6. The number of hydrogen-bond donors (Lipinski definition) is 3. The van der Waals surface area contributed by atoms with Crippen molar-refractivity contribution >= 4 is 62.3 Å². The third-order valence-corrected chi connectivity index (χ3v) is 13.8. The van der Waals surface area contributed by atoms with Gasteiger partial charge in [0.25, 0.3) is 17.7 Å². The van der Waals surface area contributed by atoms with E-state index in [9.17, 15) is 37.2 Å². The van der Waals surface area contributed by atoms with Gasteiger partial charge in [-0.05, 0) is 80.3 Å². The third kappa shape index (κ3) is 11.3. The molecule has 6 amide bonds. The smallest absolute Gasteiger partial charge is 0.264 e. The van der Waals surface area contributed by atoms with Crippen LogP contribution in [0, 0.1) is 0 Å². The predicted octanol–water partition coefficient (Wildman–Crippen LogP) is 6.34. The molecule has 16 nitrogen and oxygen atoms in total. The normalized spacial score (nSPS) is 16.3. The lowest BCUT2D eigenvalue weighted by atomic mass is 10.0. The highest BCUT2D eigenvalue weighted by atomic mass is 32.2. The molecule has 2 atom stereocenters. The van der Waals surface area contributed by atoms with Crippen LogP contribution in [0.4, 0.5) is 5.69 Å². The van der Waals surface area contributed by atoms with Crippen molar-refractivity contribution in [2.75, 3.05) is 37.6 Å². The van der Waals surface area contributed by atoms with Crippen molar-refractivity contribution in [3.8, 4) is 17.2 Å². The zero-order valence-corrected chi connectivity index (χ0v) is 38.9. The number of sulfone groups is 1. The second-order valence-corrected chi connectivity index (χ2v) is 19.8. The van der Waals surface area contributed by atoms with Gasteiger partial charge in [-0.2, -0.15) is 0 Å². The standard InChI is InChI=1S/C48H55N5O11S2/c1-4-63-40-24-31(17-21-39(40)62-2)38(29-66(3,60)61)53-47(58)33-12-11-13-36(44(33)48(53)59)50-42(54)14-9-7-5-6-8-10-23-49-25-30-15-18-32(19-16-30)64-27-41-34-26-52(46(57)35(34)28-65-41)37-20-22-43(55)51-45(37)56/h11-13,15-19,21,24,28,37-38,49H,4-10,14,20,22-23,25-27,29H2,1-3H3,(H,50,54)(H,51,55,56). The first-order valence-electron chi connectivity index (χ1n) is 22.2. The molecule has 18 heteroatoms. The van der Waals surface area contributed by atoms with Gasteiger partial charge in [0.2, 0.25) is 17.7 Å². The summed E-state index contributed by atoms with van der Waals surface area (Å²) in [4.78, 5) is 81.2. The molecule has 0 aliphatic carbocycles. The molecule has 4 aromatic rings. The zero-order chi connectivity index (χ0) is 47.0. The Morgan fingerprint density at radius 1 is 0.894 bits per heavy atom. The van der Waals surface area contributed by atoms with Crippen molar-refractivity contribution in [2.45, 2.75) is 96.5 Å². The molecule has 0 bridgehead atoms. The SMILES string of the molecule is CCOc1cc(C(CS(C)(=O)=O)N2C(=O)c3cccc(NC(=O)CCCCCCCCNCc4ccc(OCc5scc6c5CN(C5CCC(=O)NC5=O)C6=O)cc4)c3C2=O)ccc1OC. The molecule has 66 heavy (non-hydrogen) atoms. The number of unbranched alkanes of at least 4 members (excludes halogenated alkanes) is 5. The number of carbonyl (C=O) groups is 6. The van der Waals surface area contributed by atoms with Crippen molar-refractivity contribution in [2.24, 2.45) is 0 Å². The average molecular weight is 942 g/mol. The zero-order valence-electron chi connectivity index (χ0n) is 37.3. The van der Waals surface area contributed by atoms with Gasteiger partial charge in [-0.25, -0.2) is 8.42 Å². The maximum absolute atomic E-state index is 14.0. The van der Waals surface area contributed by atoms with Gasteiger partial charge in [-0.15, -0.1) is 11.3 Å². The topological polar surface area (TPSA) is 207 Å². The molecule has 0 saturated carbocycles. The fourth-order valence-corrected chi connectivity index (χ4v) is 10.4. The molecule has 4 heterocycles. The second-order valence-electron chi connectivity index (χ2n) is 16.6. The fraction of sp³-hybridized carbons (Fsp3) is 0.417. The summed E-state index contributed by atoms with van der Waals surface area (Å²) in [5, 5.41) is 10.5. The van der Waals surface area contributed by atoms with Crippen LogP contribution in [0.1, 0.15) is 123 Å². The molecular weight excluding hydrogens is 887 g/mol. The number of amides is 6. The minimum atomic E-state index is -3.67. The summed E-state index contributed by atoms with van der Waals surface area (Å²) < 4.78 is 42.3. The summed E-state index contributed by atoms with van der Waals surface area (Å²) in [5.41, 5.74) is 3.31. The summed E-state index contributed by atoms with van der Waals surface area (Å²) in [5.74, 6) is -1.57. The lowest BCUT2D eigenvalue weighted by Gasteiger charge is -2.29. The molecule has 3 aliphatic heterocycles. The number of piperidine rings is 1. The van der Waals surface area contributed by atoms with Crippen LogP contribution in [0.25, 0.3) is 0 Å². The van der Waals surface area contributed by atoms with Crippen LogP contribution >= 0.6 is 11.3 Å². The van der Waals surface area contributed by atoms with E-state index in [0.29, 0.717) is 67.5 Å². The van der Waals surface area contributed by atoms with Crippen LogP contribution in [-0.4, -0.2) is 92.0 Å². The largest absolute Gasteiger partial charge is 0.493 e. The van der Waals surface area contributed by atoms with E-state index >= 15 is 0 Å². The molecule has 2 unspecified atom stereocenters. The minimum Gasteiger partial charge on any atom is -0.493 e. The molecular formula is C48H55N5O11S2. The molecule has 1 saturated heterocycles. The van der Waals surface area contributed by atoms with E-state index in [1.54, 1.807) is 42.2 Å². The van der Waals surface area contributed by atoms with Crippen LogP contribution in [0.2, 0.25) is 0 Å². The molecule has 1 aromatic heterocycles. The van der Waals surface area contributed by atoms with Crippen LogP contribution in [-0.2, 0) is 43.9 Å². The van der Waals surface area contributed by atoms with Crippen molar-refractivity contribution in [1.82, 2.24) is 20.4 Å². The second kappa shape index (κ2) is 21.5. The average Bonchev–Trinajstić information content (AvgIpc) is 3.92. The van der Waals surface area contributed by atoms with Crippen LogP contribution in [0.3, 0.4) is 0 Å².